The molecule has 0 aliphatic rings. The Morgan fingerprint density at radius 3 is 2.24 bits per heavy atom. The number of urea groups is 1. The first-order chi connectivity index (χ1) is 7.67. The Labute approximate surface area is 102 Å². The van der Waals surface area contributed by atoms with Crippen molar-refractivity contribution in [3.05, 3.63) is 0 Å². The van der Waals surface area contributed by atoms with Crippen LogP contribution in [-0.2, 0) is 4.74 Å². The average Bonchev–Trinajstić information content (AvgIpc) is 2.14. The number of amides is 3. The maximum atomic E-state index is 11.7. The Morgan fingerprint density at radius 1 is 1.35 bits per heavy atom. The number of rotatable bonds is 3. The first kappa shape index (κ1) is 15.7. The van der Waals surface area contributed by atoms with Gasteiger partial charge < -0.3 is 4.74 Å². The Balaban J connectivity index is 4.57. The minimum absolute atomic E-state index is 0.207. The SMILES string of the molecule is CC(C)CCN(C(=O)NO)C(=O)OC(C)(C)C. The van der Waals surface area contributed by atoms with Crippen LogP contribution in [0.5, 0.6) is 0 Å². The summed E-state index contributed by atoms with van der Waals surface area (Å²) in [4.78, 5) is 23.9. The number of ether oxygens (including phenoxy) is 1. The summed E-state index contributed by atoms with van der Waals surface area (Å²) in [5.74, 6) is 0.339. The second kappa shape index (κ2) is 6.44. The molecule has 6 nitrogen and oxygen atoms in total. The molecule has 0 spiro atoms. The van der Waals surface area contributed by atoms with E-state index in [4.69, 9.17) is 9.94 Å². The predicted octanol–water partition coefficient (Wildman–Crippen LogP) is 2.37. The quantitative estimate of drug-likeness (QED) is 0.592. The van der Waals surface area contributed by atoms with Gasteiger partial charge in [-0.1, -0.05) is 13.8 Å². The van der Waals surface area contributed by atoms with E-state index in [1.165, 1.54) is 5.48 Å². The van der Waals surface area contributed by atoms with Crippen LogP contribution >= 0.6 is 0 Å². The molecule has 3 amide bonds. The molecule has 0 bridgehead atoms. The molecule has 0 aromatic carbocycles. The Morgan fingerprint density at radius 2 is 1.88 bits per heavy atom. The molecule has 0 saturated carbocycles. The molecule has 100 valence electrons. The smallest absolute Gasteiger partial charge is 0.418 e. The van der Waals surface area contributed by atoms with Crippen molar-refractivity contribution in [2.24, 2.45) is 5.92 Å². The molecule has 6 heteroatoms. The molecule has 0 aliphatic carbocycles. The number of carbonyl (C=O) groups excluding carboxylic acids is 2. The molecule has 0 fully saturated rings. The minimum atomic E-state index is -0.875. The van der Waals surface area contributed by atoms with Crippen molar-refractivity contribution in [2.45, 2.75) is 46.6 Å². The highest BCUT2D eigenvalue weighted by atomic mass is 16.6. The van der Waals surface area contributed by atoms with Crippen LogP contribution in [0.15, 0.2) is 0 Å². The lowest BCUT2D eigenvalue weighted by molar-refractivity contribution is 0.0273. The number of hydrogen-bond donors (Lipinski definition) is 2. The first-order valence-corrected chi connectivity index (χ1v) is 5.62. The monoisotopic (exact) mass is 246 g/mol. The van der Waals surface area contributed by atoms with Gasteiger partial charge in [0.05, 0.1) is 0 Å². The Bertz CT molecular complexity index is 271. The van der Waals surface area contributed by atoms with Crippen molar-refractivity contribution in [2.75, 3.05) is 6.54 Å². The maximum absolute atomic E-state index is 11.7. The molecular weight excluding hydrogens is 224 g/mol. The third-order valence-electron chi connectivity index (χ3n) is 1.88. The van der Waals surface area contributed by atoms with Gasteiger partial charge in [0.2, 0.25) is 0 Å². The second-order valence-electron chi connectivity index (χ2n) is 5.23. The summed E-state index contributed by atoms with van der Waals surface area (Å²) in [7, 11) is 0. The number of hydroxylamine groups is 1. The largest absolute Gasteiger partial charge is 0.443 e. The van der Waals surface area contributed by atoms with Gasteiger partial charge in [0, 0.05) is 6.54 Å². The minimum Gasteiger partial charge on any atom is -0.443 e. The van der Waals surface area contributed by atoms with Gasteiger partial charge >= 0.3 is 12.1 Å². The van der Waals surface area contributed by atoms with Crippen molar-refractivity contribution in [3.8, 4) is 0 Å². The summed E-state index contributed by atoms with van der Waals surface area (Å²) in [6, 6.07) is -0.875. The van der Waals surface area contributed by atoms with E-state index < -0.39 is 17.7 Å². The summed E-state index contributed by atoms with van der Waals surface area (Å²) in [6.07, 6.45) is -0.114. The highest BCUT2D eigenvalue weighted by molar-refractivity contribution is 5.90. The zero-order valence-electron chi connectivity index (χ0n) is 11.1. The molecule has 17 heavy (non-hydrogen) atoms. The first-order valence-electron chi connectivity index (χ1n) is 5.62. The lowest BCUT2D eigenvalue weighted by Gasteiger charge is -2.25. The van der Waals surface area contributed by atoms with E-state index >= 15 is 0 Å². The van der Waals surface area contributed by atoms with Crippen molar-refractivity contribution in [1.29, 1.82) is 0 Å². The summed E-state index contributed by atoms with van der Waals surface area (Å²) >= 11 is 0. The van der Waals surface area contributed by atoms with E-state index in [-0.39, 0.29) is 6.54 Å². The van der Waals surface area contributed by atoms with Crippen LogP contribution in [0, 0.1) is 5.92 Å². The number of nitrogens with zero attached hydrogens (tertiary/aromatic N) is 1. The van der Waals surface area contributed by atoms with Crippen LogP contribution in [0.1, 0.15) is 41.0 Å². The molecule has 0 saturated heterocycles. The van der Waals surface area contributed by atoms with E-state index in [0.29, 0.717) is 12.3 Å². The molecular formula is C11H22N2O4. The van der Waals surface area contributed by atoms with Crippen LogP contribution in [0.3, 0.4) is 0 Å². The fourth-order valence-corrected chi connectivity index (χ4v) is 1.04. The van der Waals surface area contributed by atoms with Crippen molar-refractivity contribution in [3.63, 3.8) is 0 Å². The third-order valence-corrected chi connectivity index (χ3v) is 1.88. The molecule has 0 aliphatic heterocycles. The molecule has 0 heterocycles. The predicted molar refractivity (Wildman–Crippen MR) is 62.7 cm³/mol. The highest BCUT2D eigenvalue weighted by Crippen LogP contribution is 2.11. The summed E-state index contributed by atoms with van der Waals surface area (Å²) in [5.41, 5.74) is 0.764. The van der Waals surface area contributed by atoms with Crippen LogP contribution in [0.2, 0.25) is 0 Å². The van der Waals surface area contributed by atoms with Gasteiger partial charge in [-0.3, -0.25) is 5.21 Å². The summed E-state index contributed by atoms with van der Waals surface area (Å²) in [5, 5.41) is 8.57. The van der Waals surface area contributed by atoms with Gasteiger partial charge in [-0.05, 0) is 33.1 Å². The second-order valence-corrected chi connectivity index (χ2v) is 5.23. The molecule has 2 N–H and O–H groups in total. The maximum Gasteiger partial charge on any atom is 0.418 e. The van der Waals surface area contributed by atoms with Crippen LogP contribution < -0.4 is 5.48 Å². The zero-order valence-corrected chi connectivity index (χ0v) is 11.1. The average molecular weight is 246 g/mol. The molecule has 0 unspecified atom stereocenters. The van der Waals surface area contributed by atoms with E-state index in [1.54, 1.807) is 20.8 Å². The Kier molecular flexibility index (Phi) is 5.95. The van der Waals surface area contributed by atoms with E-state index in [0.717, 1.165) is 4.90 Å². The lowest BCUT2D eigenvalue weighted by Crippen LogP contribution is -2.45. The third kappa shape index (κ3) is 6.78. The summed E-state index contributed by atoms with van der Waals surface area (Å²) in [6.45, 7) is 9.29. The lowest BCUT2D eigenvalue weighted by atomic mass is 10.1. The highest BCUT2D eigenvalue weighted by Gasteiger charge is 2.26. The number of imide groups is 1. The van der Waals surface area contributed by atoms with Crippen LogP contribution in [-0.4, -0.2) is 34.4 Å². The molecule has 0 aromatic rings. The van der Waals surface area contributed by atoms with E-state index in [2.05, 4.69) is 0 Å². The molecule has 0 radical (unpaired) electrons. The van der Waals surface area contributed by atoms with Crippen molar-refractivity contribution < 1.29 is 19.5 Å². The van der Waals surface area contributed by atoms with E-state index in [9.17, 15) is 9.59 Å². The van der Waals surface area contributed by atoms with Gasteiger partial charge in [0.25, 0.3) is 0 Å². The number of carbonyl (C=O) groups is 2. The van der Waals surface area contributed by atoms with Gasteiger partial charge in [-0.2, -0.15) is 0 Å². The van der Waals surface area contributed by atoms with E-state index in [1.807, 2.05) is 13.8 Å². The topological polar surface area (TPSA) is 78.9 Å². The van der Waals surface area contributed by atoms with Gasteiger partial charge in [0.15, 0.2) is 0 Å². The molecule has 0 rings (SSSR count). The van der Waals surface area contributed by atoms with Crippen LogP contribution in [0.4, 0.5) is 9.59 Å². The van der Waals surface area contributed by atoms with Gasteiger partial charge in [-0.25, -0.2) is 20.0 Å². The molecule has 0 aromatic heterocycles. The Hall–Kier alpha value is -1.30. The number of nitrogens with one attached hydrogen (secondary N) is 1. The van der Waals surface area contributed by atoms with Gasteiger partial charge in [-0.15, -0.1) is 0 Å². The fourth-order valence-electron chi connectivity index (χ4n) is 1.04. The van der Waals surface area contributed by atoms with Crippen molar-refractivity contribution in [1.82, 2.24) is 10.4 Å². The van der Waals surface area contributed by atoms with Crippen molar-refractivity contribution >= 4 is 12.1 Å². The fraction of sp³-hybridized carbons (Fsp3) is 0.818. The molecule has 0 atom stereocenters. The van der Waals surface area contributed by atoms with Gasteiger partial charge in [0.1, 0.15) is 5.60 Å². The zero-order chi connectivity index (χ0) is 13.6. The normalized spacial score (nSPS) is 11.2. The number of hydrogen-bond acceptors (Lipinski definition) is 4. The summed E-state index contributed by atoms with van der Waals surface area (Å²) < 4.78 is 5.07. The standard InChI is InChI=1S/C11H22N2O4/c1-8(2)6-7-13(9(14)12-16)10(15)17-11(3,4)5/h8,16H,6-7H2,1-5H3,(H,12,14). The van der Waals surface area contributed by atoms with Crippen LogP contribution in [0.25, 0.3) is 0 Å².